The van der Waals surface area contributed by atoms with Crippen molar-refractivity contribution in [3.63, 3.8) is 0 Å². The quantitative estimate of drug-likeness (QED) is 0.301. The predicted molar refractivity (Wildman–Crippen MR) is 175 cm³/mol. The lowest BCUT2D eigenvalue weighted by Gasteiger charge is -2.33. The molecule has 2 N–H and O–H groups in total. The van der Waals surface area contributed by atoms with Crippen LogP contribution in [0.3, 0.4) is 0 Å². The van der Waals surface area contributed by atoms with Crippen molar-refractivity contribution in [1.82, 2.24) is 29.1 Å². The highest BCUT2D eigenvalue weighted by Gasteiger charge is 2.44. The molecule has 2 fully saturated rings. The van der Waals surface area contributed by atoms with Crippen LogP contribution in [0, 0.1) is 0 Å². The number of sulfone groups is 1. The van der Waals surface area contributed by atoms with E-state index in [1.807, 2.05) is 48.2 Å². The molecule has 4 aromatic rings. The molecule has 1 unspecified atom stereocenters. The number of rotatable bonds is 7. The Morgan fingerprint density at radius 2 is 1.78 bits per heavy atom. The maximum Gasteiger partial charge on any atom is 0.274 e. The molecule has 3 aliphatic rings. The third kappa shape index (κ3) is 6.02. The Bertz CT molecular complexity index is 2050. The average Bonchev–Trinajstić information content (AvgIpc) is 3.74. The number of benzene rings is 1. The number of hydrogen-bond acceptors (Lipinski definition) is 10. The highest BCUT2D eigenvalue weighted by atomic mass is 32.2. The molecule has 13 nitrogen and oxygen atoms in total. The first-order valence-corrected chi connectivity index (χ1v) is 18.4. The number of sulfonamides is 1. The van der Waals surface area contributed by atoms with Gasteiger partial charge in [-0.15, -0.1) is 0 Å². The molecule has 0 bridgehead atoms. The Labute approximate surface area is 267 Å². The van der Waals surface area contributed by atoms with E-state index in [-0.39, 0.29) is 17.4 Å². The molecule has 240 valence electrons. The van der Waals surface area contributed by atoms with Crippen molar-refractivity contribution in [2.24, 2.45) is 0 Å². The van der Waals surface area contributed by atoms with Gasteiger partial charge in [0.25, 0.3) is 5.91 Å². The number of aromatic nitrogens is 4. The Morgan fingerprint density at radius 3 is 2.52 bits per heavy atom. The largest absolute Gasteiger partial charge is 0.354 e. The molecule has 1 aromatic carbocycles. The summed E-state index contributed by atoms with van der Waals surface area (Å²) < 4.78 is 50.2. The van der Waals surface area contributed by atoms with E-state index in [4.69, 9.17) is 0 Å². The molecule has 0 aliphatic carbocycles. The number of fused-ring (bicyclic) bond motifs is 1. The van der Waals surface area contributed by atoms with Gasteiger partial charge >= 0.3 is 0 Å². The topological polar surface area (TPSA) is 162 Å². The number of nitrogens with zero attached hydrogens (tertiary/aromatic N) is 6. The van der Waals surface area contributed by atoms with Gasteiger partial charge in [0.2, 0.25) is 10.0 Å². The number of carbonyl (C=O) groups is 1. The smallest absolute Gasteiger partial charge is 0.274 e. The lowest BCUT2D eigenvalue weighted by molar-refractivity contribution is 0.102. The monoisotopic (exact) mass is 662 g/mol. The van der Waals surface area contributed by atoms with Gasteiger partial charge in [0.05, 0.1) is 16.9 Å². The zero-order valence-electron chi connectivity index (χ0n) is 25.3. The van der Waals surface area contributed by atoms with Crippen LogP contribution in [0.1, 0.15) is 29.4 Å². The zero-order valence-corrected chi connectivity index (χ0v) is 26.9. The summed E-state index contributed by atoms with van der Waals surface area (Å²) in [6, 6.07) is 13.0. The summed E-state index contributed by atoms with van der Waals surface area (Å²) in [5.74, 6) is 0.582. The van der Waals surface area contributed by atoms with Crippen molar-refractivity contribution < 1.29 is 21.6 Å². The fraction of sp³-hybridized carbons (Fsp3) is 0.355. The van der Waals surface area contributed by atoms with Crippen LogP contribution in [0.2, 0.25) is 0 Å². The normalized spacial score (nSPS) is 22.8. The van der Waals surface area contributed by atoms with E-state index in [0.29, 0.717) is 55.6 Å². The van der Waals surface area contributed by atoms with Crippen LogP contribution >= 0.6 is 0 Å². The summed E-state index contributed by atoms with van der Waals surface area (Å²) in [6.07, 6.45) is 5.52. The van der Waals surface area contributed by atoms with Gasteiger partial charge in [-0.05, 0) is 54.8 Å². The number of pyridine rings is 1. The molecule has 1 atom stereocenters. The van der Waals surface area contributed by atoms with Crippen LogP contribution in [-0.4, -0.2) is 102 Å². The molecule has 0 radical (unpaired) electrons. The fourth-order valence-electron chi connectivity index (χ4n) is 6.48. The lowest BCUT2D eigenvalue weighted by Crippen LogP contribution is -2.48. The number of H-pyrrole nitrogens is 1. The molecule has 0 spiro atoms. The standard InChI is InChI=1S/C31H34N8O5S2/c1-31(39-10-2-14-46(39,43)44)8-11-37(20-31)19-22-7-9-32-27(17-22)30(40)35-24-5-3-23(4-6-24)26-18-25-28(36-26)33-21-34-29(25)38-12-15-45(41,42)16-13-38/h2-7,9,14,17-18,21H,8,10-13,15-16,19-20H2,1H3,(H,35,40)(H,33,34,36). The van der Waals surface area contributed by atoms with Crippen LogP contribution in [0.15, 0.2) is 66.5 Å². The summed E-state index contributed by atoms with van der Waals surface area (Å²) in [5.41, 5.74) is 3.74. The van der Waals surface area contributed by atoms with Gasteiger partial charge in [0.1, 0.15) is 23.5 Å². The van der Waals surface area contributed by atoms with Crippen LogP contribution in [0.25, 0.3) is 22.3 Å². The van der Waals surface area contributed by atoms with Crippen molar-refractivity contribution in [3.05, 3.63) is 77.7 Å². The number of nitrogens with one attached hydrogen (secondary N) is 2. The Hall–Kier alpha value is -4.18. The van der Waals surface area contributed by atoms with Crippen molar-refractivity contribution in [2.75, 3.05) is 54.4 Å². The SMILES string of the molecule is CC1(N2CC=CS2(=O)=O)CCN(Cc2ccnc(C(=O)Nc3ccc(-c4cc5c(N6CCS(=O)(=O)CC6)ncnc5[nH]4)cc3)c2)C1. The third-order valence-corrected chi connectivity index (χ3v) is 12.3. The molecule has 1 amide bonds. The molecule has 15 heteroatoms. The Morgan fingerprint density at radius 1 is 1.00 bits per heavy atom. The number of aromatic amines is 1. The van der Waals surface area contributed by atoms with E-state index in [1.165, 1.54) is 11.7 Å². The van der Waals surface area contributed by atoms with Crippen molar-refractivity contribution >= 4 is 48.3 Å². The number of likely N-dealkylation sites (tertiary alicyclic amines) is 1. The molecule has 7 rings (SSSR count). The molecule has 46 heavy (non-hydrogen) atoms. The number of amides is 1. The molecule has 3 aliphatic heterocycles. The lowest BCUT2D eigenvalue weighted by atomic mass is 10.0. The van der Waals surface area contributed by atoms with Crippen molar-refractivity contribution in [2.45, 2.75) is 25.4 Å². The first-order valence-electron chi connectivity index (χ1n) is 15.1. The Kier molecular flexibility index (Phi) is 7.66. The van der Waals surface area contributed by atoms with Gasteiger partial charge in [-0.25, -0.2) is 26.8 Å². The summed E-state index contributed by atoms with van der Waals surface area (Å²) in [7, 11) is -6.38. The third-order valence-electron chi connectivity index (χ3n) is 8.95. The number of hydrogen-bond donors (Lipinski definition) is 2. The summed E-state index contributed by atoms with van der Waals surface area (Å²) >= 11 is 0. The molecular weight excluding hydrogens is 629 g/mol. The van der Waals surface area contributed by atoms with E-state index in [1.54, 1.807) is 22.6 Å². The second-order valence-corrected chi connectivity index (χ2v) is 16.3. The zero-order chi connectivity index (χ0) is 32.1. The maximum atomic E-state index is 13.1. The fourth-order valence-corrected chi connectivity index (χ4v) is 9.22. The number of carbonyl (C=O) groups excluding carboxylic acids is 1. The molecular formula is C31H34N8O5S2. The first kappa shape index (κ1) is 30.5. The second kappa shape index (κ2) is 11.6. The highest BCUT2D eigenvalue weighted by molar-refractivity contribution is 7.92. The van der Waals surface area contributed by atoms with Gasteiger partial charge in [0, 0.05) is 67.8 Å². The highest BCUT2D eigenvalue weighted by Crippen LogP contribution is 2.34. The van der Waals surface area contributed by atoms with Gasteiger partial charge in [-0.2, -0.15) is 4.31 Å². The second-order valence-electron chi connectivity index (χ2n) is 12.3. The summed E-state index contributed by atoms with van der Waals surface area (Å²) in [4.78, 5) is 33.7. The molecule has 2 saturated heterocycles. The predicted octanol–water partition coefficient (Wildman–Crippen LogP) is 2.63. The number of anilines is 2. The average molecular weight is 663 g/mol. The van der Waals surface area contributed by atoms with Crippen LogP contribution in [0.5, 0.6) is 0 Å². The summed E-state index contributed by atoms with van der Waals surface area (Å²) in [5, 5.41) is 5.02. The minimum absolute atomic E-state index is 0.103. The first-order chi connectivity index (χ1) is 22.0. The van der Waals surface area contributed by atoms with Gasteiger partial charge in [-0.1, -0.05) is 18.2 Å². The maximum absolute atomic E-state index is 13.1. The molecule has 0 saturated carbocycles. The van der Waals surface area contributed by atoms with E-state index in [0.717, 1.165) is 35.2 Å². The molecule has 3 aromatic heterocycles. The minimum atomic E-state index is -3.37. The van der Waals surface area contributed by atoms with Gasteiger partial charge in [0.15, 0.2) is 9.84 Å². The van der Waals surface area contributed by atoms with E-state index in [9.17, 15) is 21.6 Å². The van der Waals surface area contributed by atoms with Crippen LogP contribution < -0.4 is 10.2 Å². The van der Waals surface area contributed by atoms with Crippen molar-refractivity contribution in [3.8, 4) is 11.3 Å². The van der Waals surface area contributed by atoms with Crippen LogP contribution in [-0.2, 0) is 26.4 Å². The van der Waals surface area contributed by atoms with E-state index >= 15 is 0 Å². The van der Waals surface area contributed by atoms with Crippen LogP contribution in [0.4, 0.5) is 11.5 Å². The molecule has 6 heterocycles. The van der Waals surface area contributed by atoms with Gasteiger partial charge in [-0.3, -0.25) is 14.7 Å². The van der Waals surface area contributed by atoms with Gasteiger partial charge < -0.3 is 15.2 Å². The van der Waals surface area contributed by atoms with E-state index < -0.39 is 25.4 Å². The Balaban J connectivity index is 1.00. The summed E-state index contributed by atoms with van der Waals surface area (Å²) in [6.45, 7) is 5.12. The minimum Gasteiger partial charge on any atom is -0.354 e. The van der Waals surface area contributed by atoms with E-state index in [2.05, 4.69) is 30.2 Å². The van der Waals surface area contributed by atoms with Crippen molar-refractivity contribution in [1.29, 1.82) is 0 Å².